The van der Waals surface area contributed by atoms with E-state index in [0.717, 1.165) is 37.7 Å². The van der Waals surface area contributed by atoms with Gasteiger partial charge in [0, 0.05) is 11.4 Å². The van der Waals surface area contributed by atoms with Crippen LogP contribution in [0.4, 0.5) is 11.4 Å². The van der Waals surface area contributed by atoms with Crippen LogP contribution in [0.25, 0.3) is 0 Å². The lowest BCUT2D eigenvalue weighted by Gasteiger charge is -2.28. The molecule has 0 aromatic heterocycles. The summed E-state index contributed by atoms with van der Waals surface area (Å²) in [7, 11) is 0. The third-order valence-corrected chi connectivity index (χ3v) is 5.85. The lowest BCUT2D eigenvalue weighted by Crippen LogP contribution is -2.23. The van der Waals surface area contributed by atoms with E-state index in [-0.39, 0.29) is 12.1 Å². The molecule has 154 valence electrons. The van der Waals surface area contributed by atoms with Gasteiger partial charge in [0.05, 0.1) is 5.56 Å². The summed E-state index contributed by atoms with van der Waals surface area (Å²) in [4.78, 5) is 12.3. The predicted octanol–water partition coefficient (Wildman–Crippen LogP) is 5.33. The largest absolute Gasteiger partial charge is 0.459 e. The normalized spacial score (nSPS) is 18.7. The van der Waals surface area contributed by atoms with E-state index in [0.29, 0.717) is 22.9 Å². The van der Waals surface area contributed by atoms with Crippen molar-refractivity contribution in [3.05, 3.63) is 95.1 Å². The lowest BCUT2D eigenvalue weighted by atomic mass is 9.82. The van der Waals surface area contributed by atoms with Gasteiger partial charge in [-0.3, -0.25) is 0 Å². The van der Waals surface area contributed by atoms with E-state index in [1.807, 2.05) is 30.3 Å². The Morgan fingerprint density at radius 2 is 1.43 bits per heavy atom. The minimum atomic E-state index is -0.217. The first-order valence-electron chi connectivity index (χ1n) is 10.6. The van der Waals surface area contributed by atoms with Crippen molar-refractivity contribution in [2.45, 2.75) is 44.1 Å². The molecule has 0 amide bonds. The van der Waals surface area contributed by atoms with Crippen molar-refractivity contribution in [2.75, 3.05) is 11.5 Å². The quantitative estimate of drug-likeness (QED) is 0.448. The molecule has 4 N–H and O–H groups in total. The van der Waals surface area contributed by atoms with Gasteiger partial charge in [0.1, 0.15) is 6.10 Å². The molecule has 0 aliphatic heterocycles. The molecule has 4 nitrogen and oxygen atoms in total. The van der Waals surface area contributed by atoms with Crippen molar-refractivity contribution in [1.29, 1.82) is 0 Å². The maximum atomic E-state index is 12.3. The zero-order chi connectivity index (χ0) is 20.9. The van der Waals surface area contributed by atoms with Gasteiger partial charge in [-0.1, -0.05) is 42.5 Å². The molecule has 3 aromatic rings. The van der Waals surface area contributed by atoms with Gasteiger partial charge in [-0.05, 0) is 85.0 Å². The van der Waals surface area contributed by atoms with Gasteiger partial charge in [-0.15, -0.1) is 0 Å². The number of nitrogens with two attached hydrogens (primary N) is 2. The van der Waals surface area contributed by atoms with Crippen LogP contribution in [0.2, 0.25) is 0 Å². The van der Waals surface area contributed by atoms with Gasteiger partial charge in [0.15, 0.2) is 0 Å². The van der Waals surface area contributed by atoms with Crippen LogP contribution in [0.3, 0.4) is 0 Å². The van der Waals surface area contributed by atoms with E-state index in [1.54, 1.807) is 18.2 Å². The number of carbonyl (C=O) groups is 1. The molecule has 0 heterocycles. The first-order valence-corrected chi connectivity index (χ1v) is 10.6. The van der Waals surface area contributed by atoms with Crippen molar-refractivity contribution in [3.63, 3.8) is 0 Å². The molecule has 4 heteroatoms. The summed E-state index contributed by atoms with van der Waals surface area (Å²) < 4.78 is 5.71. The molecule has 30 heavy (non-hydrogen) atoms. The molecule has 0 unspecified atom stereocenters. The van der Waals surface area contributed by atoms with Crippen LogP contribution in [-0.4, -0.2) is 12.1 Å². The molecule has 0 radical (unpaired) electrons. The first kappa shape index (κ1) is 20.0. The molecule has 1 saturated carbocycles. The summed E-state index contributed by atoms with van der Waals surface area (Å²) in [5, 5.41) is 0. The second-order valence-electron chi connectivity index (χ2n) is 8.17. The smallest absolute Gasteiger partial charge is 0.338 e. The number of nitrogen functional groups attached to an aromatic ring is 2. The molecular weight excluding hydrogens is 372 g/mol. The third-order valence-electron chi connectivity index (χ3n) is 5.85. The van der Waals surface area contributed by atoms with Crippen molar-refractivity contribution in [1.82, 2.24) is 0 Å². The highest BCUT2D eigenvalue weighted by molar-refractivity contribution is 5.89. The van der Waals surface area contributed by atoms with Crippen molar-refractivity contribution < 1.29 is 9.53 Å². The number of carbonyl (C=O) groups excluding carboxylic acids is 1. The highest BCUT2D eigenvalue weighted by Crippen LogP contribution is 2.34. The molecule has 4 rings (SSSR count). The highest BCUT2D eigenvalue weighted by atomic mass is 16.5. The molecule has 1 fully saturated rings. The first-order chi connectivity index (χ1) is 14.6. The zero-order valence-electron chi connectivity index (χ0n) is 17.1. The minimum Gasteiger partial charge on any atom is -0.459 e. The monoisotopic (exact) mass is 400 g/mol. The lowest BCUT2D eigenvalue weighted by molar-refractivity contribution is 0.0195. The Bertz CT molecular complexity index is 971. The van der Waals surface area contributed by atoms with Crippen LogP contribution >= 0.6 is 0 Å². The molecule has 1 aliphatic rings. The molecule has 0 bridgehead atoms. The standard InChI is InChI=1S/C26H28N2O2/c27-23-15-19(16-24(28)17-23)14-18-6-8-20(9-7-18)21-10-12-25(13-11-21)30-26(29)22-4-2-1-3-5-22/h1-9,15-17,21,25H,10-14,27-28H2. The number of esters is 1. The summed E-state index contributed by atoms with van der Waals surface area (Å²) >= 11 is 0. The number of rotatable bonds is 5. The molecule has 3 aromatic carbocycles. The Kier molecular flexibility index (Phi) is 6.03. The average Bonchev–Trinajstić information content (AvgIpc) is 2.75. The number of hydrogen-bond donors (Lipinski definition) is 2. The van der Waals surface area contributed by atoms with Crippen LogP contribution in [-0.2, 0) is 11.2 Å². The second-order valence-corrected chi connectivity index (χ2v) is 8.17. The van der Waals surface area contributed by atoms with Crippen molar-refractivity contribution in [3.8, 4) is 0 Å². The zero-order valence-corrected chi connectivity index (χ0v) is 17.1. The number of anilines is 2. The summed E-state index contributed by atoms with van der Waals surface area (Å²) in [5.41, 5.74) is 17.5. The molecular formula is C26H28N2O2. The number of benzene rings is 3. The van der Waals surface area contributed by atoms with E-state index < -0.39 is 0 Å². The van der Waals surface area contributed by atoms with E-state index in [2.05, 4.69) is 24.3 Å². The van der Waals surface area contributed by atoms with Crippen LogP contribution < -0.4 is 11.5 Å². The Morgan fingerprint density at radius 3 is 2.07 bits per heavy atom. The summed E-state index contributed by atoms with van der Waals surface area (Å²) in [6.45, 7) is 0. The Labute approximate surface area is 177 Å². The van der Waals surface area contributed by atoms with Crippen LogP contribution in [0, 0.1) is 0 Å². The Morgan fingerprint density at radius 1 is 0.800 bits per heavy atom. The van der Waals surface area contributed by atoms with Crippen LogP contribution in [0.5, 0.6) is 0 Å². The van der Waals surface area contributed by atoms with Crippen molar-refractivity contribution >= 4 is 17.3 Å². The SMILES string of the molecule is Nc1cc(N)cc(Cc2ccc(C3CCC(OC(=O)c4ccccc4)CC3)cc2)c1. The van der Waals surface area contributed by atoms with Gasteiger partial charge >= 0.3 is 5.97 Å². The number of hydrogen-bond acceptors (Lipinski definition) is 4. The topological polar surface area (TPSA) is 78.3 Å². The number of ether oxygens (including phenoxy) is 1. The summed E-state index contributed by atoms with van der Waals surface area (Å²) in [5.74, 6) is 0.305. The molecule has 0 saturated heterocycles. The van der Waals surface area contributed by atoms with Crippen molar-refractivity contribution in [2.24, 2.45) is 0 Å². The second kappa shape index (κ2) is 9.04. The van der Waals surface area contributed by atoms with E-state index >= 15 is 0 Å². The van der Waals surface area contributed by atoms with E-state index in [4.69, 9.17) is 16.2 Å². The maximum Gasteiger partial charge on any atom is 0.338 e. The summed E-state index contributed by atoms with van der Waals surface area (Å²) in [6, 6.07) is 23.8. The van der Waals surface area contributed by atoms with Gasteiger partial charge in [0.25, 0.3) is 0 Å². The third kappa shape index (κ3) is 5.01. The molecule has 0 spiro atoms. The fourth-order valence-corrected chi connectivity index (χ4v) is 4.30. The van der Waals surface area contributed by atoms with Gasteiger partial charge in [-0.25, -0.2) is 4.79 Å². The van der Waals surface area contributed by atoms with E-state index in [1.165, 1.54) is 11.1 Å². The van der Waals surface area contributed by atoms with Gasteiger partial charge < -0.3 is 16.2 Å². The summed E-state index contributed by atoms with van der Waals surface area (Å²) in [6.07, 6.45) is 4.73. The Balaban J connectivity index is 1.31. The minimum absolute atomic E-state index is 0.0160. The van der Waals surface area contributed by atoms with Crippen LogP contribution in [0.15, 0.2) is 72.8 Å². The van der Waals surface area contributed by atoms with E-state index in [9.17, 15) is 4.79 Å². The predicted molar refractivity (Wildman–Crippen MR) is 121 cm³/mol. The average molecular weight is 401 g/mol. The fourth-order valence-electron chi connectivity index (χ4n) is 4.30. The molecule has 1 aliphatic carbocycles. The Hall–Kier alpha value is -3.27. The van der Waals surface area contributed by atoms with Crippen LogP contribution in [0.1, 0.15) is 58.6 Å². The maximum absolute atomic E-state index is 12.3. The highest BCUT2D eigenvalue weighted by Gasteiger charge is 2.25. The molecule has 0 atom stereocenters. The van der Waals surface area contributed by atoms with Gasteiger partial charge in [-0.2, -0.15) is 0 Å². The fraction of sp³-hybridized carbons (Fsp3) is 0.269. The van der Waals surface area contributed by atoms with Gasteiger partial charge in [0.2, 0.25) is 0 Å².